The van der Waals surface area contributed by atoms with Crippen molar-refractivity contribution in [3.63, 3.8) is 0 Å². The summed E-state index contributed by atoms with van der Waals surface area (Å²) >= 11 is 0. The van der Waals surface area contributed by atoms with Crippen molar-refractivity contribution in [2.45, 2.75) is 6.42 Å². The zero-order chi connectivity index (χ0) is 13.0. The first kappa shape index (κ1) is 12.2. The maximum absolute atomic E-state index is 13.4. The van der Waals surface area contributed by atoms with Gasteiger partial charge in [0, 0.05) is 26.1 Å². The molecule has 0 saturated carbocycles. The largest absolute Gasteiger partial charge is 0.371 e. The van der Waals surface area contributed by atoms with Crippen LogP contribution in [0.25, 0.3) is 0 Å². The molecule has 0 unspecified atom stereocenters. The third-order valence-electron chi connectivity index (χ3n) is 2.20. The Hall–Kier alpha value is -2.25. The molecule has 0 bridgehead atoms. The number of anilines is 2. The normalized spacial score (nSPS) is 10.4. The Morgan fingerprint density at radius 2 is 2.06 bits per heavy atom. The van der Waals surface area contributed by atoms with Crippen LogP contribution in [0, 0.1) is 11.6 Å². The molecule has 0 aliphatic rings. The predicted molar refractivity (Wildman–Crippen MR) is 60.2 cm³/mol. The van der Waals surface area contributed by atoms with E-state index < -0.39 is 11.6 Å². The number of nitrogens with one attached hydrogen (secondary N) is 2. The van der Waals surface area contributed by atoms with Crippen molar-refractivity contribution in [1.82, 2.24) is 15.1 Å². The molecule has 0 radical (unpaired) electrons. The summed E-state index contributed by atoms with van der Waals surface area (Å²) in [4.78, 5) is 7.58. The van der Waals surface area contributed by atoms with Gasteiger partial charge in [-0.25, -0.2) is 13.8 Å². The highest BCUT2D eigenvalue weighted by Gasteiger charge is 2.10. The molecule has 8 heteroatoms. The van der Waals surface area contributed by atoms with Crippen molar-refractivity contribution in [2.75, 3.05) is 24.2 Å². The molecular weight excluding hydrogens is 244 g/mol. The van der Waals surface area contributed by atoms with Gasteiger partial charge in [-0.05, 0) is 0 Å². The lowest BCUT2D eigenvalue weighted by Crippen LogP contribution is -2.10. The minimum atomic E-state index is -0.753. The molecule has 0 fully saturated rings. The van der Waals surface area contributed by atoms with E-state index in [2.05, 4.69) is 25.8 Å². The Balaban J connectivity index is 2.00. The van der Waals surface area contributed by atoms with Gasteiger partial charge in [0.25, 0.3) is 0 Å². The number of rotatable bonds is 5. The van der Waals surface area contributed by atoms with Crippen molar-refractivity contribution in [3.8, 4) is 0 Å². The number of hydrogen-bond donors (Lipinski definition) is 2. The van der Waals surface area contributed by atoms with Gasteiger partial charge in [0.05, 0.1) is 0 Å². The number of hydrogen-bond acceptors (Lipinski definition) is 6. The van der Waals surface area contributed by atoms with Crippen molar-refractivity contribution in [2.24, 2.45) is 0 Å². The quantitative estimate of drug-likeness (QED) is 0.842. The van der Waals surface area contributed by atoms with Gasteiger partial charge in [-0.15, -0.1) is 0 Å². The van der Waals surface area contributed by atoms with E-state index in [1.54, 1.807) is 0 Å². The zero-order valence-corrected chi connectivity index (χ0v) is 9.57. The van der Waals surface area contributed by atoms with Crippen LogP contribution >= 0.6 is 0 Å². The van der Waals surface area contributed by atoms with Gasteiger partial charge in [-0.2, -0.15) is 4.98 Å². The SMILES string of the molecule is CNc1nc(NCCc2ncno2)c(F)cc1F. The van der Waals surface area contributed by atoms with Crippen LogP contribution in [0.1, 0.15) is 5.89 Å². The molecule has 0 saturated heterocycles. The van der Waals surface area contributed by atoms with E-state index >= 15 is 0 Å². The third kappa shape index (κ3) is 2.70. The van der Waals surface area contributed by atoms with Gasteiger partial charge in [-0.1, -0.05) is 5.16 Å². The maximum atomic E-state index is 13.4. The Morgan fingerprint density at radius 3 is 2.72 bits per heavy atom. The predicted octanol–water partition coefficient (Wildman–Crippen LogP) is 1.44. The molecule has 0 spiro atoms. The molecule has 2 N–H and O–H groups in total. The first-order chi connectivity index (χ1) is 8.70. The molecule has 96 valence electrons. The van der Waals surface area contributed by atoms with Crippen molar-refractivity contribution in [1.29, 1.82) is 0 Å². The Morgan fingerprint density at radius 1 is 1.28 bits per heavy atom. The van der Waals surface area contributed by atoms with Crippen molar-refractivity contribution >= 4 is 11.6 Å². The maximum Gasteiger partial charge on any atom is 0.228 e. The smallest absolute Gasteiger partial charge is 0.228 e. The van der Waals surface area contributed by atoms with Crippen LogP contribution in [0.4, 0.5) is 20.4 Å². The first-order valence-corrected chi connectivity index (χ1v) is 5.24. The molecule has 0 aliphatic heterocycles. The lowest BCUT2D eigenvalue weighted by Gasteiger charge is -2.08. The van der Waals surface area contributed by atoms with Crippen LogP contribution in [-0.2, 0) is 6.42 Å². The molecule has 0 amide bonds. The van der Waals surface area contributed by atoms with E-state index in [-0.39, 0.29) is 11.6 Å². The van der Waals surface area contributed by atoms with Gasteiger partial charge in [0.1, 0.15) is 0 Å². The Labute approximate surface area is 101 Å². The minimum Gasteiger partial charge on any atom is -0.371 e. The highest BCUT2D eigenvalue weighted by Crippen LogP contribution is 2.18. The summed E-state index contributed by atoms with van der Waals surface area (Å²) < 4.78 is 31.3. The fourth-order valence-corrected chi connectivity index (χ4v) is 1.36. The monoisotopic (exact) mass is 255 g/mol. The molecule has 0 atom stereocenters. The third-order valence-corrected chi connectivity index (χ3v) is 2.20. The standard InChI is InChI=1S/C10H11F2N5O/c1-13-9-6(11)4-7(12)10(17-9)14-3-2-8-15-5-16-18-8/h4-5H,2-3H2,1H3,(H2,13,14,17). The average molecular weight is 255 g/mol. The second-order valence-corrected chi connectivity index (χ2v) is 3.41. The van der Waals surface area contributed by atoms with E-state index in [9.17, 15) is 8.78 Å². The zero-order valence-electron chi connectivity index (χ0n) is 9.57. The van der Waals surface area contributed by atoms with Crippen LogP contribution < -0.4 is 10.6 Å². The summed E-state index contributed by atoms with van der Waals surface area (Å²) in [6.07, 6.45) is 1.71. The van der Waals surface area contributed by atoms with Gasteiger partial charge >= 0.3 is 0 Å². The lowest BCUT2D eigenvalue weighted by molar-refractivity contribution is 0.379. The van der Waals surface area contributed by atoms with E-state index in [4.69, 9.17) is 4.52 Å². The topological polar surface area (TPSA) is 75.9 Å². The van der Waals surface area contributed by atoms with Gasteiger partial charge < -0.3 is 15.2 Å². The van der Waals surface area contributed by atoms with Crippen LogP contribution in [-0.4, -0.2) is 28.7 Å². The molecular formula is C10H11F2N5O. The second-order valence-electron chi connectivity index (χ2n) is 3.41. The molecule has 6 nitrogen and oxygen atoms in total. The molecule has 2 aromatic heterocycles. The summed E-state index contributed by atoms with van der Waals surface area (Å²) in [6.45, 7) is 0.348. The molecule has 0 aliphatic carbocycles. The molecule has 2 heterocycles. The van der Waals surface area contributed by atoms with E-state index in [0.717, 1.165) is 6.07 Å². The summed E-state index contributed by atoms with van der Waals surface area (Å²) in [6, 6.07) is 0.772. The molecule has 0 aromatic carbocycles. The Kier molecular flexibility index (Phi) is 3.66. The van der Waals surface area contributed by atoms with Gasteiger partial charge in [-0.3, -0.25) is 0 Å². The highest BCUT2D eigenvalue weighted by atomic mass is 19.1. The summed E-state index contributed by atoms with van der Waals surface area (Å²) in [7, 11) is 1.51. The molecule has 18 heavy (non-hydrogen) atoms. The van der Waals surface area contributed by atoms with Crippen molar-refractivity contribution < 1.29 is 13.3 Å². The average Bonchev–Trinajstić information content (AvgIpc) is 2.85. The van der Waals surface area contributed by atoms with Crippen LogP contribution in [0.2, 0.25) is 0 Å². The second kappa shape index (κ2) is 5.39. The van der Waals surface area contributed by atoms with Crippen molar-refractivity contribution in [3.05, 3.63) is 29.9 Å². The molecule has 2 rings (SSSR count). The van der Waals surface area contributed by atoms with Crippen LogP contribution in [0.5, 0.6) is 0 Å². The fraction of sp³-hybridized carbons (Fsp3) is 0.300. The summed E-state index contributed by atoms with van der Waals surface area (Å²) in [5, 5.41) is 8.71. The highest BCUT2D eigenvalue weighted by molar-refractivity contribution is 5.47. The number of pyridine rings is 1. The van der Waals surface area contributed by atoms with Gasteiger partial charge in [0.2, 0.25) is 5.89 Å². The number of nitrogens with zero attached hydrogens (tertiary/aromatic N) is 3. The van der Waals surface area contributed by atoms with Crippen LogP contribution in [0.15, 0.2) is 16.9 Å². The summed E-state index contributed by atoms with van der Waals surface area (Å²) in [5.41, 5.74) is 0. The lowest BCUT2D eigenvalue weighted by atomic mass is 10.3. The van der Waals surface area contributed by atoms with Crippen LogP contribution in [0.3, 0.4) is 0 Å². The minimum absolute atomic E-state index is 0.0170. The first-order valence-electron chi connectivity index (χ1n) is 5.24. The van der Waals surface area contributed by atoms with E-state index in [0.29, 0.717) is 18.9 Å². The van der Waals surface area contributed by atoms with Gasteiger partial charge in [0.15, 0.2) is 29.6 Å². The van der Waals surface area contributed by atoms with E-state index in [1.807, 2.05) is 0 Å². The number of halogens is 2. The summed E-state index contributed by atoms with van der Waals surface area (Å²) in [5.74, 6) is -1.11. The fourth-order valence-electron chi connectivity index (χ4n) is 1.36. The molecule has 2 aromatic rings. The number of aromatic nitrogens is 3. The van der Waals surface area contributed by atoms with E-state index in [1.165, 1.54) is 13.4 Å². The Bertz CT molecular complexity index is 517.